The van der Waals surface area contributed by atoms with Crippen molar-refractivity contribution in [1.82, 2.24) is 19.7 Å². The molecular weight excluding hydrogens is 448 g/mol. The van der Waals surface area contributed by atoms with E-state index in [9.17, 15) is 9.59 Å². The van der Waals surface area contributed by atoms with Crippen LogP contribution in [-0.4, -0.2) is 44.6 Å². The number of aryl methyl sites for hydroxylation is 1. The summed E-state index contributed by atoms with van der Waals surface area (Å²) >= 11 is 5.37. The third-order valence-corrected chi connectivity index (χ3v) is 6.46. The van der Waals surface area contributed by atoms with Gasteiger partial charge in [0.15, 0.2) is 10.6 Å². The van der Waals surface area contributed by atoms with E-state index in [-0.39, 0.29) is 24.2 Å². The minimum absolute atomic E-state index is 0.0672. The summed E-state index contributed by atoms with van der Waals surface area (Å²) in [5.41, 5.74) is 9.45. The lowest BCUT2D eigenvalue weighted by atomic mass is 9.97. The van der Waals surface area contributed by atoms with Gasteiger partial charge in [-0.25, -0.2) is 0 Å². The fourth-order valence-corrected chi connectivity index (χ4v) is 4.57. The van der Waals surface area contributed by atoms with Gasteiger partial charge in [-0.15, -0.1) is 0 Å². The van der Waals surface area contributed by atoms with Gasteiger partial charge in [-0.3, -0.25) is 24.2 Å². The number of carbonyl (C=O) groups excluding carboxylic acids is 2. The highest BCUT2D eigenvalue weighted by atomic mass is 32.1. The van der Waals surface area contributed by atoms with Crippen molar-refractivity contribution in [2.45, 2.75) is 39.3 Å². The van der Waals surface area contributed by atoms with Gasteiger partial charge < -0.3 is 11.1 Å². The van der Waals surface area contributed by atoms with E-state index in [0.29, 0.717) is 17.9 Å². The van der Waals surface area contributed by atoms with Crippen molar-refractivity contribution in [3.05, 3.63) is 64.4 Å². The van der Waals surface area contributed by atoms with Crippen LogP contribution in [0.3, 0.4) is 0 Å². The number of nitrogens with zero attached hydrogens (tertiary/aromatic N) is 3. The second-order valence-corrected chi connectivity index (χ2v) is 9.23. The molecule has 8 nitrogen and oxygen atoms in total. The van der Waals surface area contributed by atoms with E-state index >= 15 is 0 Å². The van der Waals surface area contributed by atoms with Crippen LogP contribution in [0.4, 0.5) is 5.69 Å². The highest BCUT2D eigenvalue weighted by Gasteiger charge is 2.23. The Hall–Kier alpha value is -3.30. The zero-order valence-electron chi connectivity index (χ0n) is 19.3. The number of aromatic nitrogens is 3. The first kappa shape index (κ1) is 23.8. The number of primary amides is 1. The molecule has 1 aliphatic heterocycles. The summed E-state index contributed by atoms with van der Waals surface area (Å²) in [7, 11) is 0. The Morgan fingerprint density at radius 3 is 2.76 bits per heavy atom. The molecule has 0 spiro atoms. The first-order valence-electron chi connectivity index (χ1n) is 11.5. The summed E-state index contributed by atoms with van der Waals surface area (Å²) < 4.78 is 2.34. The van der Waals surface area contributed by atoms with E-state index < -0.39 is 0 Å². The van der Waals surface area contributed by atoms with Gasteiger partial charge in [0, 0.05) is 37.3 Å². The molecular formula is C25H30N6O2S. The number of H-pyrrole nitrogens is 1. The number of hydrogen-bond donors (Lipinski definition) is 3. The van der Waals surface area contributed by atoms with E-state index in [1.165, 1.54) is 0 Å². The van der Waals surface area contributed by atoms with Gasteiger partial charge >= 0.3 is 0 Å². The maximum Gasteiger partial charge on any atom is 0.226 e. The molecule has 4 rings (SSSR count). The zero-order chi connectivity index (χ0) is 24.1. The molecule has 34 heavy (non-hydrogen) atoms. The second kappa shape index (κ2) is 10.8. The standard InChI is InChI=1S/C25H30N6O2S/c1-17-4-2-5-19(14-17)24-28-29-25(34)31(24)13-11-22(32)27-21-9-7-18(8-10-21)15-30-12-3-6-20(16-30)23(26)33/h2,4-5,7-10,14,20H,3,6,11-13,15-16H2,1H3,(H2,26,33)(H,27,32)(H,29,34). The number of nitrogens with two attached hydrogens (primary N) is 1. The van der Waals surface area contributed by atoms with Crippen LogP contribution < -0.4 is 11.1 Å². The van der Waals surface area contributed by atoms with E-state index in [4.69, 9.17) is 18.0 Å². The number of piperidine rings is 1. The van der Waals surface area contributed by atoms with Crippen LogP contribution in [0, 0.1) is 17.6 Å². The second-order valence-electron chi connectivity index (χ2n) is 8.85. The smallest absolute Gasteiger partial charge is 0.226 e. The molecule has 1 aromatic heterocycles. The molecule has 9 heteroatoms. The molecule has 2 amide bonds. The lowest BCUT2D eigenvalue weighted by molar-refractivity contribution is -0.123. The number of likely N-dealkylation sites (tertiary alicyclic amines) is 1. The molecule has 4 N–H and O–H groups in total. The fraction of sp³-hybridized carbons (Fsp3) is 0.360. The summed E-state index contributed by atoms with van der Waals surface area (Å²) in [5, 5.41) is 10.1. The molecule has 1 atom stereocenters. The van der Waals surface area contributed by atoms with Crippen LogP contribution in [-0.2, 0) is 22.7 Å². The third kappa shape index (κ3) is 5.98. The SMILES string of the molecule is Cc1cccc(-c2n[nH]c(=S)n2CCC(=O)Nc2ccc(CN3CCCC(C(N)=O)C3)cc2)c1. The maximum atomic E-state index is 12.6. The van der Waals surface area contributed by atoms with Crippen LogP contribution in [0.15, 0.2) is 48.5 Å². The normalized spacial score (nSPS) is 16.3. The van der Waals surface area contributed by atoms with E-state index in [2.05, 4.69) is 20.4 Å². The van der Waals surface area contributed by atoms with Gasteiger partial charge in [0.25, 0.3) is 0 Å². The Bertz CT molecular complexity index is 1220. The molecule has 3 aromatic rings. The van der Waals surface area contributed by atoms with Crippen LogP contribution >= 0.6 is 12.2 Å². The number of hydrogen-bond acceptors (Lipinski definition) is 5. The van der Waals surface area contributed by atoms with Gasteiger partial charge in [0.2, 0.25) is 11.8 Å². The van der Waals surface area contributed by atoms with Crippen LogP contribution in [0.5, 0.6) is 0 Å². The molecule has 0 saturated carbocycles. The topological polar surface area (TPSA) is 109 Å². The largest absolute Gasteiger partial charge is 0.369 e. The number of aromatic amines is 1. The zero-order valence-corrected chi connectivity index (χ0v) is 20.1. The van der Waals surface area contributed by atoms with Gasteiger partial charge in [-0.2, -0.15) is 5.10 Å². The molecule has 1 saturated heterocycles. The van der Waals surface area contributed by atoms with Crippen LogP contribution in [0.25, 0.3) is 11.4 Å². The molecule has 0 bridgehead atoms. The minimum atomic E-state index is -0.217. The van der Waals surface area contributed by atoms with E-state index in [0.717, 1.165) is 54.1 Å². The Morgan fingerprint density at radius 2 is 2.03 bits per heavy atom. The first-order valence-corrected chi connectivity index (χ1v) is 11.9. The van der Waals surface area contributed by atoms with E-state index in [1.54, 1.807) is 0 Å². The number of carbonyl (C=O) groups is 2. The molecule has 1 unspecified atom stereocenters. The first-order chi connectivity index (χ1) is 16.4. The minimum Gasteiger partial charge on any atom is -0.369 e. The van der Waals surface area contributed by atoms with Crippen molar-refractivity contribution in [2.75, 3.05) is 18.4 Å². The van der Waals surface area contributed by atoms with Crippen LogP contribution in [0.1, 0.15) is 30.4 Å². The average molecular weight is 479 g/mol. The third-order valence-electron chi connectivity index (χ3n) is 6.15. The number of nitrogens with one attached hydrogen (secondary N) is 2. The van der Waals surface area contributed by atoms with Gasteiger partial charge in [-0.1, -0.05) is 35.9 Å². The number of anilines is 1. The Labute approximate surface area is 204 Å². The van der Waals surface area contributed by atoms with Crippen molar-refractivity contribution < 1.29 is 9.59 Å². The summed E-state index contributed by atoms with van der Waals surface area (Å²) in [6.45, 7) is 4.88. The quantitative estimate of drug-likeness (QED) is 0.428. The predicted molar refractivity (Wildman–Crippen MR) is 134 cm³/mol. The van der Waals surface area contributed by atoms with Crippen molar-refractivity contribution >= 4 is 29.7 Å². The Balaban J connectivity index is 1.32. The number of amides is 2. The lowest BCUT2D eigenvalue weighted by Gasteiger charge is -2.31. The molecule has 2 aromatic carbocycles. The fourth-order valence-electron chi connectivity index (χ4n) is 4.35. The monoisotopic (exact) mass is 478 g/mol. The van der Waals surface area contributed by atoms with E-state index in [1.807, 2.05) is 60.0 Å². The molecule has 178 valence electrons. The van der Waals surface area contributed by atoms with Crippen molar-refractivity contribution in [2.24, 2.45) is 11.7 Å². The van der Waals surface area contributed by atoms with Crippen molar-refractivity contribution in [3.8, 4) is 11.4 Å². The van der Waals surface area contributed by atoms with Gasteiger partial charge in [0.1, 0.15) is 0 Å². The molecule has 1 aliphatic rings. The highest BCUT2D eigenvalue weighted by molar-refractivity contribution is 7.71. The Morgan fingerprint density at radius 1 is 1.24 bits per heavy atom. The molecule has 1 fully saturated rings. The summed E-state index contributed by atoms with van der Waals surface area (Å²) in [6.07, 6.45) is 2.12. The highest BCUT2D eigenvalue weighted by Crippen LogP contribution is 2.21. The van der Waals surface area contributed by atoms with Gasteiger partial charge in [0.05, 0.1) is 5.92 Å². The summed E-state index contributed by atoms with van der Waals surface area (Å²) in [4.78, 5) is 26.3. The predicted octanol–water partition coefficient (Wildman–Crippen LogP) is 3.64. The number of benzene rings is 2. The van der Waals surface area contributed by atoms with Crippen molar-refractivity contribution in [1.29, 1.82) is 0 Å². The van der Waals surface area contributed by atoms with Crippen molar-refractivity contribution in [3.63, 3.8) is 0 Å². The number of rotatable bonds is 8. The van der Waals surface area contributed by atoms with Gasteiger partial charge in [-0.05, 0) is 62.3 Å². The molecule has 2 heterocycles. The Kier molecular flexibility index (Phi) is 7.54. The molecule has 0 aliphatic carbocycles. The molecule has 0 radical (unpaired) electrons. The average Bonchev–Trinajstić information content (AvgIpc) is 3.19. The lowest BCUT2D eigenvalue weighted by Crippen LogP contribution is -2.40. The van der Waals surface area contributed by atoms with Crippen LogP contribution in [0.2, 0.25) is 0 Å². The summed E-state index contributed by atoms with van der Waals surface area (Å²) in [5.74, 6) is 0.349. The maximum absolute atomic E-state index is 12.6. The summed E-state index contributed by atoms with van der Waals surface area (Å²) in [6, 6.07) is 15.9.